The van der Waals surface area contributed by atoms with Crippen molar-refractivity contribution < 1.29 is 9.90 Å². The Morgan fingerprint density at radius 3 is 2.52 bits per heavy atom. The van der Waals surface area contributed by atoms with Crippen LogP contribution in [-0.4, -0.2) is 27.4 Å². The highest BCUT2D eigenvalue weighted by Crippen LogP contribution is 2.38. The van der Waals surface area contributed by atoms with E-state index < -0.39 is 5.91 Å². The predicted octanol–water partition coefficient (Wildman–Crippen LogP) is 3.61. The monoisotopic (exact) mass is 363 g/mol. The molecule has 1 aromatic heterocycles. The van der Waals surface area contributed by atoms with Crippen molar-refractivity contribution in [2.24, 2.45) is 11.1 Å². The van der Waals surface area contributed by atoms with Gasteiger partial charge in [-0.3, -0.25) is 4.79 Å². The lowest BCUT2D eigenvalue weighted by Gasteiger charge is -2.35. The van der Waals surface area contributed by atoms with Crippen LogP contribution in [0.25, 0.3) is 16.6 Å². The molecule has 3 aromatic rings. The van der Waals surface area contributed by atoms with Crippen LogP contribution in [0.4, 0.5) is 0 Å². The maximum Gasteiger partial charge on any atom is 0.250 e. The number of carbonyl (C=O) groups excluding carboxylic acids is 1. The highest BCUT2D eigenvalue weighted by atomic mass is 16.3. The van der Waals surface area contributed by atoms with Gasteiger partial charge in [-0.15, -0.1) is 0 Å². The number of benzene rings is 2. The molecule has 0 saturated heterocycles. The second kappa shape index (κ2) is 7.16. The minimum Gasteiger partial charge on any atom is -0.396 e. The Hall–Kier alpha value is -2.66. The predicted molar refractivity (Wildman–Crippen MR) is 106 cm³/mol. The Morgan fingerprint density at radius 2 is 1.85 bits per heavy atom. The van der Waals surface area contributed by atoms with E-state index in [0.29, 0.717) is 11.1 Å². The van der Waals surface area contributed by atoms with Crippen LogP contribution in [-0.2, 0) is 6.42 Å². The van der Waals surface area contributed by atoms with Crippen molar-refractivity contribution in [3.05, 3.63) is 59.8 Å². The van der Waals surface area contributed by atoms with E-state index in [4.69, 9.17) is 5.73 Å². The summed E-state index contributed by atoms with van der Waals surface area (Å²) in [5.41, 5.74) is 8.72. The first kappa shape index (κ1) is 17.7. The summed E-state index contributed by atoms with van der Waals surface area (Å²) in [6.45, 7) is 0.259. The molecule has 2 aromatic carbocycles. The number of amides is 1. The van der Waals surface area contributed by atoms with Gasteiger partial charge in [-0.2, -0.15) is 5.10 Å². The number of hydrogen-bond acceptors (Lipinski definition) is 3. The van der Waals surface area contributed by atoms with Gasteiger partial charge in [0.25, 0.3) is 5.91 Å². The SMILES string of the molecule is NC(=O)c1cccc2cn(-c3ccc(CC4(CO)CCCCC4)cc3)nc12. The summed E-state index contributed by atoms with van der Waals surface area (Å²) in [6, 6.07) is 13.7. The van der Waals surface area contributed by atoms with Crippen LogP contribution >= 0.6 is 0 Å². The maximum absolute atomic E-state index is 11.6. The van der Waals surface area contributed by atoms with Crippen molar-refractivity contribution >= 4 is 16.8 Å². The first-order chi connectivity index (χ1) is 13.1. The van der Waals surface area contributed by atoms with Gasteiger partial charge in [0.05, 0.1) is 11.3 Å². The molecule has 140 valence electrons. The second-order valence-corrected chi connectivity index (χ2v) is 7.74. The number of nitrogens with two attached hydrogens (primary N) is 1. The Bertz CT molecular complexity index is 953. The number of carbonyl (C=O) groups is 1. The van der Waals surface area contributed by atoms with Gasteiger partial charge in [-0.25, -0.2) is 4.68 Å². The lowest BCUT2D eigenvalue weighted by molar-refractivity contribution is 0.0823. The molecule has 5 nitrogen and oxygen atoms in total. The average molecular weight is 363 g/mol. The number of rotatable bonds is 5. The number of fused-ring (bicyclic) bond motifs is 1. The second-order valence-electron chi connectivity index (χ2n) is 7.74. The van der Waals surface area contributed by atoms with Crippen LogP contribution in [0, 0.1) is 5.41 Å². The molecule has 0 radical (unpaired) electrons. The molecule has 5 heteroatoms. The number of aliphatic hydroxyl groups excluding tert-OH is 1. The Kier molecular flexibility index (Phi) is 4.70. The van der Waals surface area contributed by atoms with Crippen LogP contribution in [0.2, 0.25) is 0 Å². The maximum atomic E-state index is 11.6. The average Bonchev–Trinajstić information content (AvgIpc) is 3.13. The summed E-state index contributed by atoms with van der Waals surface area (Å²) >= 11 is 0. The number of primary amides is 1. The molecular weight excluding hydrogens is 338 g/mol. The van der Waals surface area contributed by atoms with Gasteiger partial charge in [0, 0.05) is 18.2 Å². The van der Waals surface area contributed by atoms with Crippen LogP contribution in [0.3, 0.4) is 0 Å². The van der Waals surface area contributed by atoms with Gasteiger partial charge in [-0.05, 0) is 48.4 Å². The lowest BCUT2D eigenvalue weighted by atomic mass is 9.71. The highest BCUT2D eigenvalue weighted by Gasteiger charge is 2.31. The highest BCUT2D eigenvalue weighted by molar-refractivity contribution is 6.04. The third-order valence-corrected chi connectivity index (χ3v) is 5.83. The molecule has 0 atom stereocenters. The first-order valence-electron chi connectivity index (χ1n) is 9.59. The zero-order chi connectivity index (χ0) is 18.9. The number of aromatic nitrogens is 2. The summed E-state index contributed by atoms with van der Waals surface area (Å²) in [7, 11) is 0. The summed E-state index contributed by atoms with van der Waals surface area (Å²) in [5, 5.41) is 15.4. The van der Waals surface area contributed by atoms with E-state index in [1.165, 1.54) is 24.8 Å². The smallest absolute Gasteiger partial charge is 0.250 e. The fourth-order valence-electron chi connectivity index (χ4n) is 4.27. The zero-order valence-electron chi connectivity index (χ0n) is 15.4. The van der Waals surface area contributed by atoms with Gasteiger partial charge < -0.3 is 10.8 Å². The Balaban J connectivity index is 1.60. The van der Waals surface area contributed by atoms with Gasteiger partial charge in [0.2, 0.25) is 0 Å². The summed E-state index contributed by atoms with van der Waals surface area (Å²) in [5.74, 6) is -0.469. The van der Waals surface area contributed by atoms with E-state index >= 15 is 0 Å². The molecule has 0 unspecified atom stereocenters. The third kappa shape index (κ3) is 3.47. The van der Waals surface area contributed by atoms with Crippen molar-refractivity contribution in [1.29, 1.82) is 0 Å². The van der Waals surface area contributed by atoms with E-state index in [-0.39, 0.29) is 12.0 Å². The van der Waals surface area contributed by atoms with Crippen molar-refractivity contribution in [1.82, 2.24) is 9.78 Å². The molecule has 1 aliphatic carbocycles. The quantitative estimate of drug-likeness (QED) is 0.726. The van der Waals surface area contributed by atoms with Crippen LogP contribution in [0.15, 0.2) is 48.7 Å². The van der Waals surface area contributed by atoms with Crippen molar-refractivity contribution in [3.63, 3.8) is 0 Å². The molecule has 1 aliphatic rings. The van der Waals surface area contributed by atoms with Gasteiger partial charge in [0.15, 0.2) is 0 Å². The number of nitrogens with zero attached hydrogens (tertiary/aromatic N) is 2. The molecule has 0 spiro atoms. The summed E-state index contributed by atoms with van der Waals surface area (Å²) < 4.78 is 1.78. The minimum absolute atomic E-state index is 0.0382. The van der Waals surface area contributed by atoms with Crippen LogP contribution in [0.5, 0.6) is 0 Å². The minimum atomic E-state index is -0.469. The van der Waals surface area contributed by atoms with E-state index in [1.807, 2.05) is 30.5 Å². The Morgan fingerprint density at radius 1 is 1.11 bits per heavy atom. The molecule has 1 amide bonds. The number of aliphatic hydroxyl groups is 1. The van der Waals surface area contributed by atoms with E-state index in [9.17, 15) is 9.90 Å². The zero-order valence-corrected chi connectivity index (χ0v) is 15.4. The topological polar surface area (TPSA) is 81.1 Å². The van der Waals surface area contributed by atoms with Crippen molar-refractivity contribution in [2.45, 2.75) is 38.5 Å². The van der Waals surface area contributed by atoms with E-state index in [1.54, 1.807) is 10.7 Å². The molecule has 4 rings (SSSR count). The standard InChI is InChI=1S/C22H25N3O2/c23-21(27)19-6-4-5-17-14-25(24-20(17)19)18-9-7-16(8-10-18)13-22(15-26)11-2-1-3-12-22/h4-10,14,26H,1-3,11-13,15H2,(H2,23,27). The van der Waals surface area contributed by atoms with Crippen LogP contribution in [0.1, 0.15) is 48.0 Å². The fourth-order valence-corrected chi connectivity index (χ4v) is 4.27. The lowest BCUT2D eigenvalue weighted by Crippen LogP contribution is -2.30. The van der Waals surface area contributed by atoms with Crippen LogP contribution < -0.4 is 5.73 Å². The third-order valence-electron chi connectivity index (χ3n) is 5.83. The largest absolute Gasteiger partial charge is 0.396 e. The van der Waals surface area contributed by atoms with Gasteiger partial charge in [0.1, 0.15) is 5.52 Å². The summed E-state index contributed by atoms with van der Waals surface area (Å²) in [6.07, 6.45) is 8.73. The molecule has 27 heavy (non-hydrogen) atoms. The van der Waals surface area contributed by atoms with E-state index in [2.05, 4.69) is 17.2 Å². The number of hydrogen-bond donors (Lipinski definition) is 2. The molecule has 0 bridgehead atoms. The fraction of sp³-hybridized carbons (Fsp3) is 0.364. The van der Waals surface area contributed by atoms with Crippen molar-refractivity contribution in [3.8, 4) is 5.69 Å². The first-order valence-corrected chi connectivity index (χ1v) is 9.59. The molecular formula is C22H25N3O2. The molecule has 1 saturated carbocycles. The Labute approximate surface area is 158 Å². The van der Waals surface area contributed by atoms with E-state index in [0.717, 1.165) is 30.3 Å². The van der Waals surface area contributed by atoms with Gasteiger partial charge in [-0.1, -0.05) is 43.5 Å². The summed E-state index contributed by atoms with van der Waals surface area (Å²) in [4.78, 5) is 11.6. The van der Waals surface area contributed by atoms with Gasteiger partial charge >= 0.3 is 0 Å². The molecule has 1 fully saturated rings. The normalized spacial score (nSPS) is 16.5. The molecule has 0 aliphatic heterocycles. The van der Waals surface area contributed by atoms with Crippen molar-refractivity contribution in [2.75, 3.05) is 6.61 Å². The molecule has 3 N–H and O–H groups in total. The molecule has 1 heterocycles.